The minimum Gasteiger partial charge on any atom is -0.494 e. The molecule has 2 amide bonds. The molecule has 0 aromatic heterocycles. The van der Waals surface area contributed by atoms with Crippen LogP contribution in [0.5, 0.6) is 5.75 Å². The van der Waals surface area contributed by atoms with Gasteiger partial charge < -0.3 is 15.0 Å². The Kier molecular flexibility index (Phi) is 6.81. The summed E-state index contributed by atoms with van der Waals surface area (Å²) in [5.74, 6) is 0.0519. The van der Waals surface area contributed by atoms with Crippen molar-refractivity contribution in [2.24, 2.45) is 0 Å². The molecule has 0 atom stereocenters. The van der Waals surface area contributed by atoms with E-state index >= 15 is 0 Å². The summed E-state index contributed by atoms with van der Waals surface area (Å²) in [5, 5.41) is 3.61. The van der Waals surface area contributed by atoms with Gasteiger partial charge in [0.25, 0.3) is 5.91 Å². The number of benzene rings is 2. The second-order valence-electron chi connectivity index (χ2n) is 6.73. The number of hydrogen-bond acceptors (Lipinski definition) is 3. The average Bonchev–Trinajstić information content (AvgIpc) is 2.70. The molecule has 7 heteroatoms. The molecule has 0 unspecified atom stereocenters. The lowest BCUT2D eigenvalue weighted by Crippen LogP contribution is -2.47. The third kappa shape index (κ3) is 4.78. The van der Waals surface area contributed by atoms with Crippen molar-refractivity contribution in [2.45, 2.75) is 25.3 Å². The Morgan fingerprint density at radius 2 is 1.71 bits per heavy atom. The molecule has 1 fully saturated rings. The quantitative estimate of drug-likeness (QED) is 0.795. The number of ether oxygens (including phenoxy) is 1. The first-order valence-electron chi connectivity index (χ1n) is 9.14. The molecular formula is C21H22Cl2N2O3. The molecule has 0 bridgehead atoms. The summed E-state index contributed by atoms with van der Waals surface area (Å²) in [5.41, 5.74) is 1.24. The van der Waals surface area contributed by atoms with Gasteiger partial charge in [-0.25, -0.2) is 0 Å². The number of piperidine rings is 1. The van der Waals surface area contributed by atoms with Gasteiger partial charge in [-0.2, -0.15) is 0 Å². The highest BCUT2D eigenvalue weighted by Gasteiger charge is 2.26. The van der Waals surface area contributed by atoms with Crippen molar-refractivity contribution in [2.75, 3.05) is 20.2 Å². The minimum atomic E-state index is -0.321. The molecule has 0 saturated carbocycles. The summed E-state index contributed by atoms with van der Waals surface area (Å²) in [4.78, 5) is 27.0. The van der Waals surface area contributed by atoms with Crippen LogP contribution in [0.25, 0.3) is 0 Å². The fourth-order valence-electron chi connectivity index (χ4n) is 3.36. The minimum absolute atomic E-state index is 0.0342. The third-order valence-corrected chi connectivity index (χ3v) is 5.48. The van der Waals surface area contributed by atoms with Gasteiger partial charge in [-0.15, -0.1) is 0 Å². The van der Waals surface area contributed by atoms with E-state index in [4.69, 9.17) is 27.9 Å². The topological polar surface area (TPSA) is 58.6 Å². The molecule has 2 aromatic rings. The number of hydrogen-bond donors (Lipinski definition) is 1. The van der Waals surface area contributed by atoms with Crippen molar-refractivity contribution < 1.29 is 14.3 Å². The highest BCUT2D eigenvalue weighted by Crippen LogP contribution is 2.34. The maximum Gasteiger partial charge on any atom is 0.256 e. The molecule has 148 valence electrons. The Hall–Kier alpha value is -2.24. The number of halogens is 2. The molecule has 0 aliphatic carbocycles. The van der Waals surface area contributed by atoms with Gasteiger partial charge >= 0.3 is 0 Å². The van der Waals surface area contributed by atoms with Gasteiger partial charge in [-0.1, -0.05) is 53.5 Å². The van der Waals surface area contributed by atoms with Gasteiger partial charge in [0.05, 0.1) is 23.6 Å². The number of rotatable bonds is 5. The summed E-state index contributed by atoms with van der Waals surface area (Å²) in [6, 6.07) is 12.8. The van der Waals surface area contributed by atoms with E-state index in [9.17, 15) is 9.59 Å². The first-order valence-corrected chi connectivity index (χ1v) is 9.89. The van der Waals surface area contributed by atoms with Crippen LogP contribution in [0.3, 0.4) is 0 Å². The van der Waals surface area contributed by atoms with Crippen LogP contribution < -0.4 is 10.1 Å². The summed E-state index contributed by atoms with van der Waals surface area (Å²) in [6.45, 7) is 1.22. The van der Waals surface area contributed by atoms with E-state index in [1.807, 2.05) is 35.2 Å². The molecule has 28 heavy (non-hydrogen) atoms. The number of carbonyl (C=O) groups excluding carboxylic acids is 2. The lowest BCUT2D eigenvalue weighted by Gasteiger charge is -2.32. The van der Waals surface area contributed by atoms with E-state index < -0.39 is 0 Å². The Morgan fingerprint density at radius 3 is 2.36 bits per heavy atom. The molecule has 1 saturated heterocycles. The Morgan fingerprint density at radius 1 is 1.07 bits per heavy atom. The number of nitrogens with zero attached hydrogens (tertiary/aromatic N) is 1. The average molecular weight is 421 g/mol. The zero-order chi connectivity index (χ0) is 20.1. The zero-order valence-electron chi connectivity index (χ0n) is 15.6. The van der Waals surface area contributed by atoms with Gasteiger partial charge in [0, 0.05) is 19.1 Å². The molecule has 1 aliphatic rings. The van der Waals surface area contributed by atoms with Crippen molar-refractivity contribution in [1.29, 1.82) is 0 Å². The largest absolute Gasteiger partial charge is 0.494 e. The lowest BCUT2D eigenvalue weighted by molar-refractivity contribution is -0.131. The number of carbonyl (C=O) groups is 2. The molecule has 1 aliphatic heterocycles. The standard InChI is InChI=1S/C21H22Cl2N2O3/c1-28-20-17(23)8-7-16(22)19(20)21(27)24-15-9-11-25(12-10-15)18(26)13-14-5-3-2-4-6-14/h2-8,15H,9-13H2,1H3,(H,24,27). The maximum absolute atomic E-state index is 12.7. The predicted octanol–water partition coefficient (Wildman–Crippen LogP) is 3.97. The first-order chi connectivity index (χ1) is 13.5. The molecule has 0 radical (unpaired) electrons. The molecule has 0 spiro atoms. The Balaban J connectivity index is 1.57. The van der Waals surface area contributed by atoms with Crippen LogP contribution >= 0.6 is 23.2 Å². The van der Waals surface area contributed by atoms with Crippen molar-refractivity contribution in [1.82, 2.24) is 10.2 Å². The van der Waals surface area contributed by atoms with E-state index in [2.05, 4.69) is 5.32 Å². The summed E-state index contributed by atoms with van der Waals surface area (Å²) in [7, 11) is 1.45. The maximum atomic E-state index is 12.7. The van der Waals surface area contributed by atoms with Crippen LogP contribution in [0, 0.1) is 0 Å². The molecule has 1 N–H and O–H groups in total. The number of likely N-dealkylation sites (tertiary alicyclic amines) is 1. The van der Waals surface area contributed by atoms with Crippen LogP contribution in [0.15, 0.2) is 42.5 Å². The SMILES string of the molecule is COc1c(Cl)ccc(Cl)c1C(=O)NC1CCN(C(=O)Cc2ccccc2)CC1. The fraction of sp³-hybridized carbons (Fsp3) is 0.333. The number of nitrogens with one attached hydrogen (secondary N) is 1. The van der Waals surface area contributed by atoms with Crippen molar-refractivity contribution in [3.05, 3.63) is 63.6 Å². The van der Waals surface area contributed by atoms with Crippen molar-refractivity contribution in [3.8, 4) is 5.75 Å². The van der Waals surface area contributed by atoms with Gasteiger partial charge in [-0.3, -0.25) is 9.59 Å². The smallest absolute Gasteiger partial charge is 0.256 e. The van der Waals surface area contributed by atoms with E-state index in [0.29, 0.717) is 37.4 Å². The number of amides is 2. The normalized spacial score (nSPS) is 14.6. The van der Waals surface area contributed by atoms with E-state index in [-0.39, 0.29) is 34.2 Å². The van der Waals surface area contributed by atoms with Crippen LogP contribution in [0.1, 0.15) is 28.8 Å². The van der Waals surface area contributed by atoms with Crippen LogP contribution in [0.4, 0.5) is 0 Å². The second-order valence-corrected chi connectivity index (χ2v) is 7.54. The second kappa shape index (κ2) is 9.30. The lowest BCUT2D eigenvalue weighted by atomic mass is 10.0. The summed E-state index contributed by atoms with van der Waals surface area (Å²) >= 11 is 12.3. The summed E-state index contributed by atoms with van der Waals surface area (Å²) in [6.07, 6.45) is 1.77. The first kappa shape index (κ1) is 20.5. The van der Waals surface area contributed by atoms with Gasteiger partial charge in [0.1, 0.15) is 5.56 Å². The monoisotopic (exact) mass is 420 g/mol. The molecule has 5 nitrogen and oxygen atoms in total. The van der Waals surface area contributed by atoms with Gasteiger partial charge in [0.2, 0.25) is 5.91 Å². The molecule has 3 rings (SSSR count). The Labute approximate surface area is 174 Å². The van der Waals surface area contributed by atoms with Gasteiger partial charge in [0.15, 0.2) is 5.75 Å². The van der Waals surface area contributed by atoms with Crippen molar-refractivity contribution in [3.63, 3.8) is 0 Å². The highest BCUT2D eigenvalue weighted by atomic mass is 35.5. The molecular weight excluding hydrogens is 399 g/mol. The fourth-order valence-corrected chi connectivity index (χ4v) is 3.83. The van der Waals surface area contributed by atoms with E-state index in [1.54, 1.807) is 12.1 Å². The van der Waals surface area contributed by atoms with E-state index in [1.165, 1.54) is 7.11 Å². The third-order valence-electron chi connectivity index (χ3n) is 4.87. The Bertz CT molecular complexity index is 850. The van der Waals surface area contributed by atoms with Crippen molar-refractivity contribution >= 4 is 35.0 Å². The zero-order valence-corrected chi connectivity index (χ0v) is 17.1. The van der Waals surface area contributed by atoms with Gasteiger partial charge in [-0.05, 0) is 30.5 Å². The van der Waals surface area contributed by atoms with Crippen LogP contribution in [-0.4, -0.2) is 43.0 Å². The number of methoxy groups -OCH3 is 1. The van der Waals surface area contributed by atoms with Crippen LogP contribution in [-0.2, 0) is 11.2 Å². The molecule has 2 aromatic carbocycles. The van der Waals surface area contributed by atoms with Crippen LogP contribution in [0.2, 0.25) is 10.0 Å². The molecule has 1 heterocycles. The summed E-state index contributed by atoms with van der Waals surface area (Å²) < 4.78 is 5.24. The van der Waals surface area contributed by atoms with E-state index in [0.717, 1.165) is 5.56 Å². The predicted molar refractivity (Wildman–Crippen MR) is 110 cm³/mol. The highest BCUT2D eigenvalue weighted by molar-refractivity contribution is 6.37.